The van der Waals surface area contributed by atoms with Crippen molar-refractivity contribution < 1.29 is 4.74 Å². The molecular weight excluding hydrogens is 284 g/mol. The molecule has 118 valence electrons. The van der Waals surface area contributed by atoms with Gasteiger partial charge in [0.1, 0.15) is 5.75 Å². The van der Waals surface area contributed by atoms with Crippen LogP contribution in [0.4, 0.5) is 0 Å². The fraction of sp³-hybridized carbons (Fsp3) is 0.286. The van der Waals surface area contributed by atoms with E-state index in [0.29, 0.717) is 0 Å². The summed E-state index contributed by atoms with van der Waals surface area (Å²) in [5.74, 6) is 0.781. The van der Waals surface area contributed by atoms with E-state index in [0.717, 1.165) is 50.3 Å². The maximum atomic E-state index is 12.6. The number of aryl methyl sites for hydroxylation is 5. The van der Waals surface area contributed by atoms with E-state index in [1.165, 1.54) is 5.56 Å². The number of rotatable bonds is 3. The average Bonchev–Trinajstić information content (AvgIpc) is 3.07. The summed E-state index contributed by atoms with van der Waals surface area (Å²) in [6.45, 7) is 10.3. The standard InChI is InChI=1S/C21H22O2/c1-11-7-13(3)17(14(4)8-11)19-20(21(19)22)18-15(5)9-12(2)10-16(18)23-6/h7-10H,1-6H3. The fourth-order valence-electron chi connectivity index (χ4n) is 3.63. The summed E-state index contributed by atoms with van der Waals surface area (Å²) in [6, 6.07) is 8.37. The van der Waals surface area contributed by atoms with Gasteiger partial charge < -0.3 is 4.74 Å². The zero-order valence-electron chi connectivity index (χ0n) is 14.6. The number of benzene rings is 2. The number of methoxy groups -OCH3 is 1. The van der Waals surface area contributed by atoms with Gasteiger partial charge in [-0.2, -0.15) is 0 Å². The van der Waals surface area contributed by atoms with E-state index in [-0.39, 0.29) is 5.43 Å². The minimum absolute atomic E-state index is 0.144. The molecular formula is C21H22O2. The summed E-state index contributed by atoms with van der Waals surface area (Å²) in [5, 5.41) is 0. The van der Waals surface area contributed by atoms with Gasteiger partial charge in [-0.15, -0.1) is 0 Å². The van der Waals surface area contributed by atoms with Crippen molar-refractivity contribution in [3.63, 3.8) is 0 Å². The Bertz CT molecular complexity index is 899. The summed E-state index contributed by atoms with van der Waals surface area (Å²) >= 11 is 0. The molecule has 0 saturated heterocycles. The first-order chi connectivity index (χ1) is 10.8. The molecule has 3 rings (SSSR count). The molecule has 0 unspecified atom stereocenters. The Morgan fingerprint density at radius 3 is 1.61 bits per heavy atom. The van der Waals surface area contributed by atoms with Crippen molar-refractivity contribution >= 4 is 0 Å². The van der Waals surface area contributed by atoms with Crippen LogP contribution >= 0.6 is 0 Å². The quantitative estimate of drug-likeness (QED) is 0.694. The first kappa shape index (κ1) is 15.5. The summed E-state index contributed by atoms with van der Waals surface area (Å²) in [6.07, 6.45) is 0. The van der Waals surface area contributed by atoms with E-state index in [1.807, 2.05) is 19.9 Å². The highest BCUT2D eigenvalue weighted by molar-refractivity contribution is 5.99. The van der Waals surface area contributed by atoms with Crippen molar-refractivity contribution in [3.05, 3.63) is 62.3 Å². The van der Waals surface area contributed by atoms with Crippen molar-refractivity contribution in [2.24, 2.45) is 0 Å². The second-order valence-electron chi connectivity index (χ2n) is 6.51. The lowest BCUT2D eigenvalue weighted by atomic mass is 9.96. The predicted octanol–water partition coefficient (Wildman–Crippen LogP) is 4.81. The highest BCUT2D eigenvalue weighted by Crippen LogP contribution is 2.43. The molecule has 0 atom stereocenters. The third-order valence-electron chi connectivity index (χ3n) is 4.48. The van der Waals surface area contributed by atoms with Crippen LogP contribution < -0.4 is 10.2 Å². The van der Waals surface area contributed by atoms with Crippen LogP contribution in [-0.2, 0) is 0 Å². The smallest absolute Gasteiger partial charge is 0.195 e. The van der Waals surface area contributed by atoms with Gasteiger partial charge in [-0.1, -0.05) is 23.8 Å². The largest absolute Gasteiger partial charge is 0.496 e. The molecule has 0 aliphatic heterocycles. The Morgan fingerprint density at radius 2 is 1.09 bits per heavy atom. The third-order valence-corrected chi connectivity index (χ3v) is 4.48. The van der Waals surface area contributed by atoms with Gasteiger partial charge in [0.15, 0.2) is 5.43 Å². The van der Waals surface area contributed by atoms with Gasteiger partial charge in [0.2, 0.25) is 0 Å². The molecule has 0 N–H and O–H groups in total. The molecule has 0 saturated carbocycles. The van der Waals surface area contributed by atoms with Crippen LogP contribution in [0.1, 0.15) is 27.8 Å². The summed E-state index contributed by atoms with van der Waals surface area (Å²) in [7, 11) is 1.66. The summed E-state index contributed by atoms with van der Waals surface area (Å²) in [4.78, 5) is 12.6. The Kier molecular flexibility index (Phi) is 3.63. The first-order valence-corrected chi connectivity index (χ1v) is 7.88. The van der Waals surface area contributed by atoms with Gasteiger partial charge in [0.25, 0.3) is 0 Å². The first-order valence-electron chi connectivity index (χ1n) is 7.88. The molecule has 3 aromatic rings. The van der Waals surface area contributed by atoms with Gasteiger partial charge in [0, 0.05) is 16.7 Å². The van der Waals surface area contributed by atoms with E-state index in [1.54, 1.807) is 7.11 Å². The van der Waals surface area contributed by atoms with E-state index >= 15 is 0 Å². The van der Waals surface area contributed by atoms with Crippen LogP contribution in [0.5, 0.6) is 5.75 Å². The van der Waals surface area contributed by atoms with Gasteiger partial charge >= 0.3 is 0 Å². The zero-order valence-corrected chi connectivity index (χ0v) is 14.6. The normalized spacial score (nSPS) is 11.2. The molecule has 0 radical (unpaired) electrons. The Hall–Kier alpha value is -2.35. The molecule has 23 heavy (non-hydrogen) atoms. The zero-order chi connectivity index (χ0) is 16.9. The molecule has 2 heteroatoms. The van der Waals surface area contributed by atoms with Gasteiger partial charge in [0.05, 0.1) is 7.11 Å². The summed E-state index contributed by atoms with van der Waals surface area (Å²) < 4.78 is 5.53. The molecule has 2 nitrogen and oxygen atoms in total. The van der Waals surface area contributed by atoms with E-state index in [9.17, 15) is 4.79 Å². The van der Waals surface area contributed by atoms with Gasteiger partial charge in [-0.3, -0.25) is 4.79 Å². The van der Waals surface area contributed by atoms with E-state index < -0.39 is 0 Å². The molecule has 0 amide bonds. The topological polar surface area (TPSA) is 26.3 Å². The van der Waals surface area contributed by atoms with Crippen molar-refractivity contribution in [1.82, 2.24) is 0 Å². The second-order valence-corrected chi connectivity index (χ2v) is 6.51. The van der Waals surface area contributed by atoms with Crippen molar-refractivity contribution in [2.75, 3.05) is 7.11 Å². The van der Waals surface area contributed by atoms with Gasteiger partial charge in [-0.05, 0) is 68.5 Å². The number of hydrogen-bond acceptors (Lipinski definition) is 2. The molecule has 0 aromatic heterocycles. The predicted molar refractivity (Wildman–Crippen MR) is 96.2 cm³/mol. The molecule has 0 fully saturated rings. The van der Waals surface area contributed by atoms with Crippen molar-refractivity contribution in [1.29, 1.82) is 0 Å². The van der Waals surface area contributed by atoms with Crippen LogP contribution in [0.3, 0.4) is 0 Å². The number of ether oxygens (including phenoxy) is 1. The maximum Gasteiger partial charge on any atom is 0.195 e. The second kappa shape index (κ2) is 5.38. The van der Waals surface area contributed by atoms with E-state index in [4.69, 9.17) is 4.74 Å². The minimum atomic E-state index is 0.144. The van der Waals surface area contributed by atoms with Gasteiger partial charge in [-0.25, -0.2) is 0 Å². The van der Waals surface area contributed by atoms with Crippen molar-refractivity contribution in [3.8, 4) is 28.0 Å². The van der Waals surface area contributed by atoms with Crippen LogP contribution in [0.15, 0.2) is 29.1 Å². The maximum absolute atomic E-state index is 12.6. The lowest BCUT2D eigenvalue weighted by Crippen LogP contribution is -1.92. The molecule has 0 spiro atoms. The Morgan fingerprint density at radius 1 is 0.652 bits per heavy atom. The molecule has 0 bridgehead atoms. The molecule has 0 aliphatic carbocycles. The fourth-order valence-corrected chi connectivity index (χ4v) is 3.63. The van der Waals surface area contributed by atoms with Crippen LogP contribution in [0.2, 0.25) is 0 Å². The van der Waals surface area contributed by atoms with Crippen LogP contribution in [-0.4, -0.2) is 7.11 Å². The lowest BCUT2D eigenvalue weighted by molar-refractivity contribution is 0.416. The minimum Gasteiger partial charge on any atom is -0.496 e. The highest BCUT2D eigenvalue weighted by atomic mass is 16.5. The molecule has 0 aliphatic rings. The molecule has 3 aromatic carbocycles. The highest BCUT2D eigenvalue weighted by Gasteiger charge is 2.30. The Balaban J connectivity index is 2.21. The van der Waals surface area contributed by atoms with Crippen molar-refractivity contribution in [2.45, 2.75) is 34.6 Å². The Labute approximate surface area is 137 Å². The summed E-state index contributed by atoms with van der Waals surface area (Å²) in [5.41, 5.74) is 9.60. The lowest BCUT2D eigenvalue weighted by Gasteiger charge is -2.11. The SMILES string of the molecule is COc1cc(C)cc(C)c1-c1c(-c2c(C)cc(C)cc2C)c1=O. The van der Waals surface area contributed by atoms with Crippen LogP contribution in [0, 0.1) is 34.6 Å². The van der Waals surface area contributed by atoms with Crippen LogP contribution in [0.25, 0.3) is 22.3 Å². The molecule has 0 heterocycles. The van der Waals surface area contributed by atoms with E-state index in [2.05, 4.69) is 39.0 Å². The number of hydrogen-bond donors (Lipinski definition) is 0. The average molecular weight is 306 g/mol. The third kappa shape index (κ3) is 2.48. The monoisotopic (exact) mass is 306 g/mol.